The van der Waals surface area contributed by atoms with Gasteiger partial charge in [0, 0.05) is 5.56 Å². The Morgan fingerprint density at radius 1 is 1.21 bits per heavy atom. The maximum absolute atomic E-state index is 13.1. The molecule has 4 heteroatoms. The van der Waals surface area contributed by atoms with Gasteiger partial charge in [-0.1, -0.05) is 23.7 Å². The normalized spacial score (nSPS) is 10.0. The van der Waals surface area contributed by atoms with Crippen molar-refractivity contribution in [2.75, 3.05) is 7.11 Å². The van der Waals surface area contributed by atoms with Crippen LogP contribution in [0.2, 0.25) is 5.02 Å². The monoisotopic (exact) mass is 275 g/mol. The lowest BCUT2D eigenvalue weighted by atomic mass is 10.0. The third-order valence-corrected chi connectivity index (χ3v) is 3.09. The lowest BCUT2D eigenvalue weighted by molar-refractivity contribution is 0.411. The van der Waals surface area contributed by atoms with Gasteiger partial charge in [-0.15, -0.1) is 0 Å². The Hall–Kier alpha value is -2.05. The molecule has 0 aliphatic rings. The van der Waals surface area contributed by atoms with E-state index in [2.05, 4.69) is 6.07 Å². The molecule has 2 aromatic rings. The average Bonchev–Trinajstić information content (AvgIpc) is 2.42. The van der Waals surface area contributed by atoms with E-state index in [4.69, 9.17) is 21.6 Å². The van der Waals surface area contributed by atoms with Gasteiger partial charge in [0.1, 0.15) is 11.6 Å². The second-order valence-corrected chi connectivity index (χ2v) is 4.40. The Balaban J connectivity index is 2.48. The highest BCUT2D eigenvalue weighted by atomic mass is 35.5. The van der Waals surface area contributed by atoms with Crippen LogP contribution in [0.15, 0.2) is 36.4 Å². The topological polar surface area (TPSA) is 33.0 Å². The van der Waals surface area contributed by atoms with Crippen molar-refractivity contribution in [1.82, 2.24) is 0 Å². The lowest BCUT2D eigenvalue weighted by Gasteiger charge is -2.09. The summed E-state index contributed by atoms with van der Waals surface area (Å²) in [6.45, 7) is 0. The highest BCUT2D eigenvalue weighted by Gasteiger charge is 2.07. The van der Waals surface area contributed by atoms with Crippen LogP contribution in [0.25, 0.3) is 11.1 Å². The van der Waals surface area contributed by atoms with E-state index in [1.807, 2.05) is 12.1 Å². The Morgan fingerprint density at radius 3 is 2.53 bits per heavy atom. The predicted molar refractivity (Wildman–Crippen MR) is 72.7 cm³/mol. The fraction of sp³-hybridized carbons (Fsp3) is 0.133. The number of hydrogen-bond acceptors (Lipinski definition) is 2. The molecule has 0 amide bonds. The van der Waals surface area contributed by atoms with Gasteiger partial charge >= 0.3 is 0 Å². The van der Waals surface area contributed by atoms with Crippen molar-refractivity contribution in [2.24, 2.45) is 0 Å². The van der Waals surface area contributed by atoms with Crippen molar-refractivity contribution >= 4 is 11.6 Å². The van der Waals surface area contributed by atoms with Crippen LogP contribution in [0.4, 0.5) is 4.39 Å². The minimum absolute atomic E-state index is 0.0788. The third kappa shape index (κ3) is 2.86. The highest BCUT2D eigenvalue weighted by Crippen LogP contribution is 2.29. The van der Waals surface area contributed by atoms with E-state index < -0.39 is 5.82 Å². The number of hydrogen-bond donors (Lipinski definition) is 0. The van der Waals surface area contributed by atoms with Gasteiger partial charge in [-0.3, -0.25) is 0 Å². The fourth-order valence-electron chi connectivity index (χ4n) is 1.86. The van der Waals surface area contributed by atoms with Gasteiger partial charge in [-0.25, -0.2) is 4.39 Å². The van der Waals surface area contributed by atoms with Gasteiger partial charge in [0.15, 0.2) is 0 Å². The summed E-state index contributed by atoms with van der Waals surface area (Å²) in [5.41, 5.74) is 2.46. The van der Waals surface area contributed by atoms with Gasteiger partial charge in [0.05, 0.1) is 24.6 Å². The zero-order valence-electron chi connectivity index (χ0n) is 10.3. The molecule has 19 heavy (non-hydrogen) atoms. The minimum atomic E-state index is -0.448. The highest BCUT2D eigenvalue weighted by molar-refractivity contribution is 6.31. The quantitative estimate of drug-likeness (QED) is 0.840. The average molecular weight is 276 g/mol. The molecule has 0 aliphatic carbocycles. The summed E-state index contributed by atoms with van der Waals surface area (Å²) in [6, 6.07) is 12.1. The molecule has 0 fully saturated rings. The predicted octanol–water partition coefficient (Wildman–Crippen LogP) is 4.22. The van der Waals surface area contributed by atoms with Gasteiger partial charge in [0.25, 0.3) is 0 Å². The number of methoxy groups -OCH3 is 1. The first kappa shape index (κ1) is 13.4. The van der Waals surface area contributed by atoms with E-state index in [9.17, 15) is 4.39 Å². The van der Waals surface area contributed by atoms with E-state index in [1.54, 1.807) is 25.3 Å². The van der Waals surface area contributed by atoms with Crippen LogP contribution in [-0.4, -0.2) is 7.11 Å². The summed E-state index contributed by atoms with van der Waals surface area (Å²) >= 11 is 5.77. The summed E-state index contributed by atoms with van der Waals surface area (Å²) in [4.78, 5) is 0. The number of nitrogens with zero attached hydrogens (tertiary/aromatic N) is 1. The summed E-state index contributed by atoms with van der Waals surface area (Å²) in [5, 5.41) is 8.88. The van der Waals surface area contributed by atoms with E-state index in [0.29, 0.717) is 5.75 Å². The zero-order chi connectivity index (χ0) is 13.8. The number of halogens is 2. The molecule has 0 unspecified atom stereocenters. The maximum atomic E-state index is 13.1. The lowest BCUT2D eigenvalue weighted by Crippen LogP contribution is -1.92. The summed E-state index contributed by atoms with van der Waals surface area (Å²) in [5.74, 6) is 0.217. The van der Waals surface area contributed by atoms with Gasteiger partial charge in [-0.2, -0.15) is 5.26 Å². The summed E-state index contributed by atoms with van der Waals surface area (Å²) in [7, 11) is 1.56. The Labute approximate surface area is 116 Å². The van der Waals surface area contributed by atoms with Gasteiger partial charge in [0.2, 0.25) is 0 Å². The van der Waals surface area contributed by atoms with Crippen molar-refractivity contribution < 1.29 is 9.13 Å². The van der Waals surface area contributed by atoms with Crippen LogP contribution in [0.3, 0.4) is 0 Å². The molecule has 2 aromatic carbocycles. The van der Waals surface area contributed by atoms with Crippen LogP contribution in [-0.2, 0) is 6.42 Å². The molecule has 0 heterocycles. The molecule has 0 aromatic heterocycles. The second-order valence-electron chi connectivity index (χ2n) is 3.99. The van der Waals surface area contributed by atoms with Crippen molar-refractivity contribution in [3.05, 3.63) is 52.8 Å². The Morgan fingerprint density at radius 2 is 1.89 bits per heavy atom. The van der Waals surface area contributed by atoms with Crippen molar-refractivity contribution in [3.63, 3.8) is 0 Å². The molecule has 0 atom stereocenters. The maximum Gasteiger partial charge on any atom is 0.141 e. The van der Waals surface area contributed by atoms with E-state index >= 15 is 0 Å². The van der Waals surface area contributed by atoms with Gasteiger partial charge < -0.3 is 4.74 Å². The first-order valence-corrected chi connectivity index (χ1v) is 6.03. The molecule has 0 saturated carbocycles. The van der Waals surface area contributed by atoms with E-state index in [-0.39, 0.29) is 11.4 Å². The zero-order valence-corrected chi connectivity index (χ0v) is 11.0. The number of nitriles is 1. The SMILES string of the molecule is COc1ccc(-c2ccc(F)c(Cl)c2)cc1CC#N. The fourth-order valence-corrected chi connectivity index (χ4v) is 2.04. The number of benzene rings is 2. The molecule has 0 radical (unpaired) electrons. The van der Waals surface area contributed by atoms with Crippen molar-refractivity contribution in [3.8, 4) is 22.9 Å². The standard InChI is InChI=1S/C15H11ClFNO/c1-19-15-5-3-10(8-12(15)6-7-18)11-2-4-14(17)13(16)9-11/h2-5,8-9H,6H2,1H3. The van der Waals surface area contributed by atoms with Crippen LogP contribution in [0.1, 0.15) is 5.56 Å². The largest absolute Gasteiger partial charge is 0.496 e. The first-order valence-electron chi connectivity index (χ1n) is 5.65. The van der Waals surface area contributed by atoms with Crippen molar-refractivity contribution in [2.45, 2.75) is 6.42 Å². The molecule has 0 N–H and O–H groups in total. The smallest absolute Gasteiger partial charge is 0.141 e. The molecule has 0 spiro atoms. The van der Waals surface area contributed by atoms with Crippen molar-refractivity contribution in [1.29, 1.82) is 5.26 Å². The number of rotatable bonds is 3. The molecule has 2 rings (SSSR count). The molecular weight excluding hydrogens is 265 g/mol. The summed E-state index contributed by atoms with van der Waals surface area (Å²) < 4.78 is 18.3. The first-order chi connectivity index (χ1) is 9.15. The molecule has 2 nitrogen and oxygen atoms in total. The third-order valence-electron chi connectivity index (χ3n) is 2.80. The molecule has 96 valence electrons. The van der Waals surface area contributed by atoms with Crippen LogP contribution < -0.4 is 4.74 Å². The second kappa shape index (κ2) is 5.73. The Kier molecular flexibility index (Phi) is 4.03. The van der Waals surface area contributed by atoms with E-state index in [1.165, 1.54) is 6.07 Å². The Bertz CT molecular complexity index is 649. The molecule has 0 saturated heterocycles. The van der Waals surface area contributed by atoms with Crippen LogP contribution in [0.5, 0.6) is 5.75 Å². The van der Waals surface area contributed by atoms with E-state index in [0.717, 1.165) is 16.7 Å². The molecular formula is C15H11ClFNO. The molecule has 0 aliphatic heterocycles. The molecule has 0 bridgehead atoms. The number of ether oxygens (including phenoxy) is 1. The minimum Gasteiger partial charge on any atom is -0.496 e. The van der Waals surface area contributed by atoms with Gasteiger partial charge in [-0.05, 0) is 35.4 Å². The summed E-state index contributed by atoms with van der Waals surface area (Å²) in [6.07, 6.45) is 0.256. The van der Waals surface area contributed by atoms with Crippen LogP contribution in [0, 0.1) is 17.1 Å². The van der Waals surface area contributed by atoms with Crippen LogP contribution >= 0.6 is 11.6 Å².